The van der Waals surface area contributed by atoms with E-state index in [1.54, 1.807) is 24.1 Å². The predicted octanol–water partition coefficient (Wildman–Crippen LogP) is -0.323. The van der Waals surface area contributed by atoms with Gasteiger partial charge in [0.2, 0.25) is 0 Å². The predicted molar refractivity (Wildman–Crippen MR) is 58.2 cm³/mol. The van der Waals surface area contributed by atoms with E-state index in [4.69, 9.17) is 10.9 Å². The summed E-state index contributed by atoms with van der Waals surface area (Å²) in [5.41, 5.74) is 5.66. The zero-order chi connectivity index (χ0) is 12.0. The first kappa shape index (κ1) is 12.0. The molecule has 0 aromatic carbocycles. The van der Waals surface area contributed by atoms with Crippen LogP contribution in [0.4, 0.5) is 0 Å². The summed E-state index contributed by atoms with van der Waals surface area (Å²) >= 11 is 0. The SMILES string of the molecule is Cn1cnc(C(=O)NCCCC(N)=NO)c1. The second-order valence-corrected chi connectivity index (χ2v) is 3.38. The van der Waals surface area contributed by atoms with Crippen molar-refractivity contribution in [1.29, 1.82) is 0 Å². The molecule has 4 N–H and O–H groups in total. The van der Waals surface area contributed by atoms with Crippen molar-refractivity contribution >= 4 is 11.7 Å². The first-order valence-electron chi connectivity index (χ1n) is 4.86. The highest BCUT2D eigenvalue weighted by atomic mass is 16.4. The van der Waals surface area contributed by atoms with Crippen LogP contribution in [0.15, 0.2) is 17.7 Å². The van der Waals surface area contributed by atoms with Crippen molar-refractivity contribution in [3.05, 3.63) is 18.2 Å². The topological polar surface area (TPSA) is 106 Å². The van der Waals surface area contributed by atoms with E-state index in [0.29, 0.717) is 25.1 Å². The summed E-state index contributed by atoms with van der Waals surface area (Å²) in [6.45, 7) is 0.464. The van der Waals surface area contributed by atoms with Crippen molar-refractivity contribution in [3.8, 4) is 0 Å². The molecule has 1 aromatic heterocycles. The van der Waals surface area contributed by atoms with Gasteiger partial charge in [0.1, 0.15) is 11.5 Å². The summed E-state index contributed by atoms with van der Waals surface area (Å²) in [6.07, 6.45) is 4.26. The van der Waals surface area contributed by atoms with Gasteiger partial charge in [-0.3, -0.25) is 4.79 Å². The molecule has 0 aliphatic carbocycles. The van der Waals surface area contributed by atoms with Crippen LogP contribution in [-0.4, -0.2) is 33.0 Å². The van der Waals surface area contributed by atoms with Gasteiger partial charge in [0.15, 0.2) is 0 Å². The molecule has 0 aliphatic rings. The molecule has 1 rings (SSSR count). The van der Waals surface area contributed by atoms with Gasteiger partial charge >= 0.3 is 0 Å². The Hall–Kier alpha value is -2.05. The third kappa shape index (κ3) is 3.60. The molecule has 7 nitrogen and oxygen atoms in total. The molecule has 88 valence electrons. The Labute approximate surface area is 93.0 Å². The average Bonchev–Trinajstić information content (AvgIpc) is 2.70. The summed E-state index contributed by atoms with van der Waals surface area (Å²) in [7, 11) is 1.79. The maximum Gasteiger partial charge on any atom is 0.271 e. The molecule has 0 aliphatic heterocycles. The van der Waals surface area contributed by atoms with Crippen molar-refractivity contribution < 1.29 is 10.0 Å². The van der Waals surface area contributed by atoms with Crippen LogP contribution in [-0.2, 0) is 7.05 Å². The maximum atomic E-state index is 11.5. The fraction of sp³-hybridized carbons (Fsp3) is 0.444. The molecular weight excluding hydrogens is 210 g/mol. The number of nitrogens with zero attached hydrogens (tertiary/aromatic N) is 3. The van der Waals surface area contributed by atoms with Crippen LogP contribution in [0.2, 0.25) is 0 Å². The Kier molecular flexibility index (Phi) is 4.31. The Morgan fingerprint density at radius 1 is 1.75 bits per heavy atom. The number of oxime groups is 1. The van der Waals surface area contributed by atoms with Crippen molar-refractivity contribution in [2.24, 2.45) is 17.9 Å². The number of amides is 1. The monoisotopic (exact) mass is 225 g/mol. The van der Waals surface area contributed by atoms with E-state index in [1.165, 1.54) is 0 Å². The number of nitrogens with one attached hydrogen (secondary N) is 1. The number of carbonyl (C=O) groups excluding carboxylic acids is 1. The molecule has 1 aromatic rings. The van der Waals surface area contributed by atoms with Crippen LogP contribution in [0.3, 0.4) is 0 Å². The van der Waals surface area contributed by atoms with Gasteiger partial charge in [0.25, 0.3) is 5.91 Å². The van der Waals surface area contributed by atoms with E-state index in [0.717, 1.165) is 0 Å². The van der Waals surface area contributed by atoms with Crippen LogP contribution < -0.4 is 11.1 Å². The van der Waals surface area contributed by atoms with Gasteiger partial charge < -0.3 is 20.8 Å². The van der Waals surface area contributed by atoms with E-state index >= 15 is 0 Å². The number of carbonyl (C=O) groups is 1. The van der Waals surface area contributed by atoms with Gasteiger partial charge in [-0.25, -0.2) is 4.98 Å². The van der Waals surface area contributed by atoms with E-state index in [9.17, 15) is 4.79 Å². The van der Waals surface area contributed by atoms with Crippen molar-refractivity contribution in [1.82, 2.24) is 14.9 Å². The Morgan fingerprint density at radius 3 is 3.06 bits per heavy atom. The second-order valence-electron chi connectivity index (χ2n) is 3.38. The number of amidine groups is 1. The molecule has 16 heavy (non-hydrogen) atoms. The highest BCUT2D eigenvalue weighted by Crippen LogP contribution is 1.94. The van der Waals surface area contributed by atoms with Gasteiger partial charge in [-0.05, 0) is 6.42 Å². The Morgan fingerprint density at radius 2 is 2.50 bits per heavy atom. The number of hydrogen-bond donors (Lipinski definition) is 3. The van der Waals surface area contributed by atoms with E-state index < -0.39 is 0 Å². The lowest BCUT2D eigenvalue weighted by atomic mass is 10.3. The second kappa shape index (κ2) is 5.74. The summed E-state index contributed by atoms with van der Waals surface area (Å²) in [5, 5.41) is 13.8. The standard InChI is InChI=1S/C9H15N5O2/c1-14-5-7(12-6-14)9(15)11-4-2-3-8(10)13-16/h5-6,16H,2-4H2,1H3,(H2,10,13)(H,11,15). The van der Waals surface area contributed by atoms with E-state index in [-0.39, 0.29) is 11.7 Å². The molecule has 0 saturated heterocycles. The van der Waals surface area contributed by atoms with Crippen LogP contribution in [0.1, 0.15) is 23.3 Å². The summed E-state index contributed by atoms with van der Waals surface area (Å²) in [4.78, 5) is 15.4. The van der Waals surface area contributed by atoms with Gasteiger partial charge in [-0.2, -0.15) is 0 Å². The quantitative estimate of drug-likeness (QED) is 0.210. The number of hydrogen-bond acceptors (Lipinski definition) is 4. The summed E-state index contributed by atoms with van der Waals surface area (Å²) in [6, 6.07) is 0. The number of rotatable bonds is 5. The molecule has 1 amide bonds. The van der Waals surface area contributed by atoms with Crippen LogP contribution in [0.5, 0.6) is 0 Å². The largest absolute Gasteiger partial charge is 0.409 e. The fourth-order valence-electron chi connectivity index (χ4n) is 1.14. The Balaban J connectivity index is 2.26. The van der Waals surface area contributed by atoms with Crippen molar-refractivity contribution in [2.45, 2.75) is 12.8 Å². The minimum absolute atomic E-state index is 0.159. The summed E-state index contributed by atoms with van der Waals surface area (Å²) < 4.78 is 1.70. The third-order valence-corrected chi connectivity index (χ3v) is 1.96. The highest BCUT2D eigenvalue weighted by Gasteiger charge is 2.07. The van der Waals surface area contributed by atoms with Gasteiger partial charge in [0.05, 0.1) is 6.33 Å². The number of nitrogens with two attached hydrogens (primary N) is 1. The average molecular weight is 225 g/mol. The minimum atomic E-state index is -0.222. The molecule has 0 atom stereocenters. The van der Waals surface area contributed by atoms with Gasteiger partial charge in [-0.1, -0.05) is 5.16 Å². The molecule has 1 heterocycles. The fourth-order valence-corrected chi connectivity index (χ4v) is 1.14. The lowest BCUT2D eigenvalue weighted by Gasteiger charge is -2.02. The van der Waals surface area contributed by atoms with Crippen LogP contribution in [0, 0.1) is 0 Å². The molecule has 0 spiro atoms. The Bertz CT molecular complexity index is 385. The number of imidazole rings is 1. The maximum absolute atomic E-state index is 11.5. The number of aryl methyl sites for hydroxylation is 1. The zero-order valence-corrected chi connectivity index (χ0v) is 9.05. The molecule has 7 heteroatoms. The summed E-state index contributed by atoms with van der Waals surface area (Å²) in [5.74, 6) is -0.0628. The molecule has 0 saturated carbocycles. The normalized spacial score (nSPS) is 11.4. The minimum Gasteiger partial charge on any atom is -0.409 e. The zero-order valence-electron chi connectivity index (χ0n) is 9.05. The number of aromatic nitrogens is 2. The first-order chi connectivity index (χ1) is 7.63. The molecule has 0 unspecified atom stereocenters. The lowest BCUT2D eigenvalue weighted by Crippen LogP contribution is -2.25. The third-order valence-electron chi connectivity index (χ3n) is 1.96. The van der Waals surface area contributed by atoms with Gasteiger partial charge in [-0.15, -0.1) is 0 Å². The molecular formula is C9H15N5O2. The highest BCUT2D eigenvalue weighted by molar-refractivity contribution is 5.92. The van der Waals surface area contributed by atoms with Crippen molar-refractivity contribution in [3.63, 3.8) is 0 Å². The van der Waals surface area contributed by atoms with E-state index in [2.05, 4.69) is 15.5 Å². The molecule has 0 radical (unpaired) electrons. The molecule has 0 bridgehead atoms. The smallest absolute Gasteiger partial charge is 0.271 e. The van der Waals surface area contributed by atoms with Crippen LogP contribution in [0.25, 0.3) is 0 Å². The van der Waals surface area contributed by atoms with Crippen molar-refractivity contribution in [2.75, 3.05) is 6.54 Å². The first-order valence-corrected chi connectivity index (χ1v) is 4.86. The van der Waals surface area contributed by atoms with Gasteiger partial charge in [0, 0.05) is 26.2 Å². The van der Waals surface area contributed by atoms with E-state index in [1.807, 2.05) is 0 Å². The molecule has 0 fully saturated rings. The lowest BCUT2D eigenvalue weighted by molar-refractivity contribution is 0.0949. The van der Waals surface area contributed by atoms with Crippen LogP contribution >= 0.6 is 0 Å².